The molecule has 0 aromatic heterocycles. The Morgan fingerprint density at radius 3 is 2.48 bits per heavy atom. The fourth-order valence-electron chi connectivity index (χ4n) is 2.45. The monoisotopic (exact) mass is 351 g/mol. The molecule has 0 saturated carbocycles. The third kappa shape index (κ3) is 4.75. The van der Waals surface area contributed by atoms with Gasteiger partial charge in [0.25, 0.3) is 0 Å². The largest absolute Gasteiger partial charge is 0.489 e. The number of aryl methyl sites for hydroxylation is 2. The van der Waals surface area contributed by atoms with Crippen LogP contribution >= 0.6 is 0 Å². The van der Waals surface area contributed by atoms with E-state index in [1.165, 1.54) is 12.1 Å². The van der Waals surface area contributed by atoms with Crippen LogP contribution in [-0.2, 0) is 17.6 Å². The number of hydrogen-bond acceptors (Lipinski definition) is 2. The number of halogens is 3. The van der Waals surface area contributed by atoms with E-state index in [1.807, 2.05) is 26.0 Å². The predicted molar refractivity (Wildman–Crippen MR) is 90.6 cm³/mol. The fourth-order valence-corrected chi connectivity index (χ4v) is 2.45. The molecule has 0 atom stereocenters. The first-order valence-electron chi connectivity index (χ1n) is 7.91. The van der Waals surface area contributed by atoms with Crippen molar-refractivity contribution in [1.29, 1.82) is 0 Å². The Labute approximate surface area is 144 Å². The van der Waals surface area contributed by atoms with Gasteiger partial charge in [-0.3, -0.25) is 4.79 Å². The summed E-state index contributed by atoms with van der Waals surface area (Å²) in [4.78, 5) is 11.7. The van der Waals surface area contributed by atoms with Crippen molar-refractivity contribution >= 4 is 11.6 Å². The summed E-state index contributed by atoms with van der Waals surface area (Å²) in [5.41, 5.74) is 1.12. The Hall–Kier alpha value is -2.50. The van der Waals surface area contributed by atoms with Gasteiger partial charge in [0.15, 0.2) is 0 Å². The maximum absolute atomic E-state index is 13.3. The summed E-state index contributed by atoms with van der Waals surface area (Å²) in [5.74, 6) is 0.111. The van der Waals surface area contributed by atoms with Crippen LogP contribution in [0.5, 0.6) is 5.75 Å². The van der Waals surface area contributed by atoms with Crippen molar-refractivity contribution in [2.24, 2.45) is 0 Å². The van der Waals surface area contributed by atoms with Crippen LogP contribution in [0.2, 0.25) is 0 Å². The van der Waals surface area contributed by atoms with E-state index in [2.05, 4.69) is 5.32 Å². The molecule has 0 heterocycles. The second-order valence-corrected chi connectivity index (χ2v) is 5.80. The summed E-state index contributed by atoms with van der Waals surface area (Å²) < 4.78 is 45.5. The number of carbonyl (C=O) groups is 1. The second-order valence-electron chi connectivity index (χ2n) is 5.80. The van der Waals surface area contributed by atoms with E-state index < -0.39 is 17.6 Å². The zero-order valence-electron chi connectivity index (χ0n) is 14.3. The SMILES string of the molecule is CCC(=O)Nc1c(COc2ccc(C)cc2C)cccc1C(F)(F)F. The lowest BCUT2D eigenvalue weighted by atomic mass is 10.1. The fraction of sp³-hybridized carbons (Fsp3) is 0.316. The highest BCUT2D eigenvalue weighted by atomic mass is 19.4. The van der Waals surface area contributed by atoms with Gasteiger partial charge >= 0.3 is 6.18 Å². The molecule has 6 heteroatoms. The molecular weight excluding hydrogens is 331 g/mol. The van der Waals surface area contributed by atoms with Crippen LogP contribution in [-0.4, -0.2) is 5.91 Å². The molecule has 0 saturated heterocycles. The second kappa shape index (κ2) is 7.59. The first-order valence-corrected chi connectivity index (χ1v) is 7.91. The Kier molecular flexibility index (Phi) is 5.72. The van der Waals surface area contributed by atoms with Gasteiger partial charge in [-0.05, 0) is 31.5 Å². The highest BCUT2D eigenvalue weighted by Gasteiger charge is 2.34. The third-order valence-corrected chi connectivity index (χ3v) is 3.76. The van der Waals surface area contributed by atoms with Crippen molar-refractivity contribution in [3.8, 4) is 5.75 Å². The summed E-state index contributed by atoms with van der Waals surface area (Å²) >= 11 is 0. The molecule has 0 aliphatic carbocycles. The van der Waals surface area contributed by atoms with Gasteiger partial charge in [-0.1, -0.05) is 36.8 Å². The van der Waals surface area contributed by atoms with Gasteiger partial charge < -0.3 is 10.1 Å². The summed E-state index contributed by atoms with van der Waals surface area (Å²) in [7, 11) is 0. The Morgan fingerprint density at radius 1 is 1.16 bits per heavy atom. The average Bonchev–Trinajstić information content (AvgIpc) is 2.53. The zero-order chi connectivity index (χ0) is 18.6. The third-order valence-electron chi connectivity index (χ3n) is 3.76. The number of para-hydroxylation sites is 1. The van der Waals surface area contributed by atoms with Crippen molar-refractivity contribution in [3.63, 3.8) is 0 Å². The van der Waals surface area contributed by atoms with Gasteiger partial charge in [-0.15, -0.1) is 0 Å². The van der Waals surface area contributed by atoms with Gasteiger partial charge in [-0.25, -0.2) is 0 Å². The molecule has 2 aromatic rings. The summed E-state index contributed by atoms with van der Waals surface area (Å²) in [6.07, 6.45) is -4.48. The van der Waals surface area contributed by atoms with Crippen molar-refractivity contribution in [1.82, 2.24) is 0 Å². The van der Waals surface area contributed by atoms with Gasteiger partial charge in [-0.2, -0.15) is 13.2 Å². The van der Waals surface area contributed by atoms with Gasteiger partial charge in [0.05, 0.1) is 11.3 Å². The quantitative estimate of drug-likeness (QED) is 0.799. The molecule has 0 spiro atoms. The molecule has 1 amide bonds. The molecule has 0 unspecified atom stereocenters. The number of benzene rings is 2. The summed E-state index contributed by atoms with van der Waals surface area (Å²) in [6, 6.07) is 9.36. The number of hydrogen-bond donors (Lipinski definition) is 1. The molecule has 2 aromatic carbocycles. The Bertz CT molecular complexity index is 770. The normalized spacial score (nSPS) is 11.3. The van der Waals surface area contributed by atoms with Crippen LogP contribution in [0, 0.1) is 13.8 Å². The highest BCUT2D eigenvalue weighted by molar-refractivity contribution is 5.92. The lowest BCUT2D eigenvalue weighted by Gasteiger charge is -2.18. The Morgan fingerprint density at radius 2 is 1.88 bits per heavy atom. The molecule has 1 N–H and O–H groups in total. The predicted octanol–water partition coefficient (Wildman–Crippen LogP) is 5.25. The summed E-state index contributed by atoms with van der Waals surface area (Å²) in [6.45, 7) is 5.32. The minimum absolute atomic E-state index is 0.0762. The molecular formula is C19H20F3NO2. The standard InChI is InChI=1S/C19H20F3NO2/c1-4-17(24)23-18-14(6-5-7-15(18)19(20,21)22)11-25-16-9-8-12(2)10-13(16)3/h5-10H,4,11H2,1-3H3,(H,23,24). The smallest absolute Gasteiger partial charge is 0.418 e. The number of rotatable bonds is 5. The van der Waals surface area contributed by atoms with E-state index in [0.717, 1.165) is 17.2 Å². The highest BCUT2D eigenvalue weighted by Crippen LogP contribution is 2.37. The molecule has 0 bridgehead atoms. The van der Waals surface area contributed by atoms with Crippen LogP contribution in [0.4, 0.5) is 18.9 Å². The van der Waals surface area contributed by atoms with Gasteiger partial charge in [0, 0.05) is 12.0 Å². The van der Waals surface area contributed by atoms with E-state index in [-0.39, 0.29) is 24.3 Å². The van der Waals surface area contributed by atoms with Crippen LogP contribution in [0.3, 0.4) is 0 Å². The first-order chi connectivity index (χ1) is 11.7. The number of anilines is 1. The number of amides is 1. The zero-order valence-corrected chi connectivity index (χ0v) is 14.3. The van der Waals surface area contributed by atoms with E-state index >= 15 is 0 Å². The van der Waals surface area contributed by atoms with E-state index in [1.54, 1.807) is 13.0 Å². The minimum Gasteiger partial charge on any atom is -0.489 e. The molecule has 0 aliphatic rings. The van der Waals surface area contributed by atoms with Crippen LogP contribution in [0.25, 0.3) is 0 Å². The number of alkyl halides is 3. The molecule has 2 rings (SSSR count). The molecule has 0 radical (unpaired) electrons. The molecule has 25 heavy (non-hydrogen) atoms. The minimum atomic E-state index is -4.56. The Balaban J connectivity index is 2.34. The number of nitrogens with one attached hydrogen (secondary N) is 1. The van der Waals surface area contributed by atoms with Crippen LogP contribution < -0.4 is 10.1 Å². The first kappa shape index (κ1) is 18.8. The average molecular weight is 351 g/mol. The topological polar surface area (TPSA) is 38.3 Å². The lowest BCUT2D eigenvalue weighted by molar-refractivity contribution is -0.137. The van der Waals surface area contributed by atoms with Gasteiger partial charge in [0.1, 0.15) is 12.4 Å². The number of carbonyl (C=O) groups excluding carboxylic acids is 1. The molecule has 134 valence electrons. The summed E-state index contributed by atoms with van der Waals surface area (Å²) in [5, 5.41) is 2.36. The molecule has 0 fully saturated rings. The maximum Gasteiger partial charge on any atom is 0.418 e. The van der Waals surface area contributed by atoms with Crippen molar-refractivity contribution in [2.45, 2.75) is 40.0 Å². The maximum atomic E-state index is 13.3. The van der Waals surface area contributed by atoms with Crippen LogP contribution in [0.15, 0.2) is 36.4 Å². The van der Waals surface area contributed by atoms with Crippen molar-refractivity contribution < 1.29 is 22.7 Å². The van der Waals surface area contributed by atoms with E-state index in [4.69, 9.17) is 4.74 Å². The molecule has 0 aliphatic heterocycles. The number of ether oxygens (including phenoxy) is 1. The lowest BCUT2D eigenvalue weighted by Crippen LogP contribution is -2.18. The van der Waals surface area contributed by atoms with Crippen LogP contribution in [0.1, 0.15) is 35.6 Å². The molecule has 3 nitrogen and oxygen atoms in total. The van der Waals surface area contributed by atoms with Gasteiger partial charge in [0.2, 0.25) is 5.91 Å². The van der Waals surface area contributed by atoms with Crippen molar-refractivity contribution in [2.75, 3.05) is 5.32 Å². The van der Waals surface area contributed by atoms with E-state index in [0.29, 0.717) is 5.75 Å². The van der Waals surface area contributed by atoms with Crippen molar-refractivity contribution in [3.05, 3.63) is 58.7 Å². The van der Waals surface area contributed by atoms with E-state index in [9.17, 15) is 18.0 Å².